The maximum atomic E-state index is 12.4. The molecule has 1 N–H and O–H groups in total. The van der Waals surface area contributed by atoms with E-state index in [9.17, 15) is 10.1 Å². The minimum atomic E-state index is -0.466. The maximum Gasteiger partial charge on any atom is 0.345 e. The SMILES string of the molecule is N#C/C(=C/Nc1ccc(Br)cc1)c1nc(-c2cc3cc(Br)ccc3oc2=O)cs1. The third-order valence-electron chi connectivity index (χ3n) is 4.05. The van der Waals surface area contributed by atoms with Crippen molar-refractivity contribution in [1.82, 2.24) is 4.98 Å². The first-order valence-electron chi connectivity index (χ1n) is 8.35. The zero-order valence-corrected chi connectivity index (χ0v) is 18.6. The molecule has 0 fully saturated rings. The number of nitrogens with zero attached hydrogens (tertiary/aromatic N) is 2. The maximum absolute atomic E-state index is 12.4. The molecular weight excluding hydrogens is 518 g/mol. The summed E-state index contributed by atoms with van der Waals surface area (Å²) in [6.45, 7) is 0. The lowest BCUT2D eigenvalue weighted by Crippen LogP contribution is -2.03. The molecule has 0 saturated heterocycles. The fraction of sp³-hybridized carbons (Fsp3) is 0. The van der Waals surface area contributed by atoms with E-state index in [1.54, 1.807) is 23.7 Å². The second-order valence-electron chi connectivity index (χ2n) is 5.99. The number of rotatable bonds is 4. The minimum absolute atomic E-state index is 0.358. The average Bonchev–Trinajstić information content (AvgIpc) is 3.19. The average molecular weight is 529 g/mol. The number of allylic oxidation sites excluding steroid dienone is 1. The number of thiazole rings is 1. The Kier molecular flexibility index (Phi) is 5.62. The van der Waals surface area contributed by atoms with Gasteiger partial charge in [0.15, 0.2) is 0 Å². The predicted molar refractivity (Wildman–Crippen MR) is 123 cm³/mol. The van der Waals surface area contributed by atoms with E-state index in [4.69, 9.17) is 4.42 Å². The van der Waals surface area contributed by atoms with Crippen molar-refractivity contribution in [3.05, 3.63) is 84.5 Å². The summed E-state index contributed by atoms with van der Waals surface area (Å²) < 4.78 is 7.26. The van der Waals surface area contributed by atoms with E-state index >= 15 is 0 Å². The van der Waals surface area contributed by atoms with Crippen molar-refractivity contribution in [2.45, 2.75) is 0 Å². The molecule has 0 amide bonds. The molecule has 0 atom stereocenters. The van der Waals surface area contributed by atoms with Crippen LogP contribution in [-0.2, 0) is 0 Å². The zero-order valence-electron chi connectivity index (χ0n) is 14.6. The summed E-state index contributed by atoms with van der Waals surface area (Å²) in [5.74, 6) is 0. The molecule has 2 aromatic heterocycles. The minimum Gasteiger partial charge on any atom is -0.422 e. The number of halogens is 2. The van der Waals surface area contributed by atoms with Crippen molar-refractivity contribution in [1.29, 1.82) is 5.26 Å². The summed E-state index contributed by atoms with van der Waals surface area (Å²) in [5.41, 5.74) is 2.10. The number of aromatic nitrogens is 1. The second-order valence-corrected chi connectivity index (χ2v) is 8.68. The third-order valence-corrected chi connectivity index (χ3v) is 5.95. The summed E-state index contributed by atoms with van der Waals surface area (Å²) in [6, 6.07) is 16.9. The topological polar surface area (TPSA) is 78.9 Å². The van der Waals surface area contributed by atoms with Gasteiger partial charge in [0.05, 0.1) is 11.3 Å². The lowest BCUT2D eigenvalue weighted by atomic mass is 10.1. The molecule has 0 spiro atoms. The van der Waals surface area contributed by atoms with E-state index in [-0.39, 0.29) is 0 Å². The summed E-state index contributed by atoms with van der Waals surface area (Å²) >= 11 is 8.10. The van der Waals surface area contributed by atoms with Gasteiger partial charge >= 0.3 is 5.63 Å². The van der Waals surface area contributed by atoms with Crippen LogP contribution in [-0.4, -0.2) is 4.98 Å². The van der Waals surface area contributed by atoms with Gasteiger partial charge in [-0.2, -0.15) is 5.26 Å². The van der Waals surface area contributed by atoms with E-state index < -0.39 is 5.63 Å². The van der Waals surface area contributed by atoms with Gasteiger partial charge in [0, 0.05) is 31.6 Å². The van der Waals surface area contributed by atoms with Crippen molar-refractivity contribution in [2.24, 2.45) is 0 Å². The van der Waals surface area contributed by atoms with E-state index in [1.165, 1.54) is 11.3 Å². The molecule has 0 bridgehead atoms. The van der Waals surface area contributed by atoms with Crippen LogP contribution in [0.1, 0.15) is 5.01 Å². The standard InChI is InChI=1S/C21H11Br2N3O2S/c22-14-1-4-16(5-2-14)25-10-13(9-24)20-26-18(11-29-20)17-8-12-7-15(23)3-6-19(12)28-21(17)27/h1-8,10-11,25H/b13-10-. The van der Waals surface area contributed by atoms with Gasteiger partial charge in [-0.05, 0) is 48.5 Å². The van der Waals surface area contributed by atoms with Crippen molar-refractivity contribution in [2.75, 3.05) is 5.32 Å². The summed E-state index contributed by atoms with van der Waals surface area (Å²) in [6.07, 6.45) is 1.60. The number of benzene rings is 2. The first-order chi connectivity index (χ1) is 14.0. The highest BCUT2D eigenvalue weighted by molar-refractivity contribution is 9.10. The fourth-order valence-electron chi connectivity index (χ4n) is 2.64. The lowest BCUT2D eigenvalue weighted by Gasteiger charge is -2.01. The highest BCUT2D eigenvalue weighted by Crippen LogP contribution is 2.27. The summed E-state index contributed by atoms with van der Waals surface area (Å²) in [7, 11) is 0. The Balaban J connectivity index is 1.66. The summed E-state index contributed by atoms with van der Waals surface area (Å²) in [5, 5.41) is 15.7. The molecule has 0 aliphatic carbocycles. The molecule has 4 aromatic rings. The molecule has 142 valence electrons. The Morgan fingerprint density at radius 3 is 2.66 bits per heavy atom. The Hall–Kier alpha value is -2.73. The highest BCUT2D eigenvalue weighted by atomic mass is 79.9. The van der Waals surface area contributed by atoms with Crippen LogP contribution in [0.2, 0.25) is 0 Å². The molecule has 0 aliphatic rings. The monoisotopic (exact) mass is 527 g/mol. The predicted octanol–water partition coefficient (Wildman–Crippen LogP) is 6.42. The van der Waals surface area contributed by atoms with Crippen molar-refractivity contribution >= 4 is 65.4 Å². The zero-order chi connectivity index (χ0) is 20.4. The molecule has 4 rings (SSSR count). The summed E-state index contributed by atoms with van der Waals surface area (Å²) in [4.78, 5) is 16.9. The molecule has 5 nitrogen and oxygen atoms in total. The van der Waals surface area contributed by atoms with Crippen molar-refractivity contribution in [3.8, 4) is 17.3 Å². The number of fused-ring (bicyclic) bond motifs is 1. The normalized spacial score (nSPS) is 11.4. The molecule has 2 aromatic carbocycles. The second kappa shape index (κ2) is 8.33. The smallest absolute Gasteiger partial charge is 0.345 e. The van der Waals surface area contributed by atoms with Gasteiger partial charge in [-0.1, -0.05) is 31.9 Å². The molecule has 0 aliphatic heterocycles. The number of nitrogens with one attached hydrogen (secondary N) is 1. The van der Waals surface area contributed by atoms with Crippen molar-refractivity contribution < 1.29 is 4.42 Å². The van der Waals surface area contributed by atoms with Gasteiger partial charge in [-0.3, -0.25) is 0 Å². The number of anilines is 1. The third kappa shape index (κ3) is 4.32. The van der Waals surface area contributed by atoms with Gasteiger partial charge in [0.1, 0.15) is 22.2 Å². The van der Waals surface area contributed by atoms with Gasteiger partial charge < -0.3 is 9.73 Å². The quantitative estimate of drug-likeness (QED) is 0.244. The lowest BCUT2D eigenvalue weighted by molar-refractivity contribution is 0.563. The Labute approximate surface area is 186 Å². The van der Waals surface area contributed by atoms with Crippen LogP contribution >= 0.6 is 43.2 Å². The molecule has 29 heavy (non-hydrogen) atoms. The van der Waals surface area contributed by atoms with E-state index in [2.05, 4.69) is 48.2 Å². The number of hydrogen-bond donors (Lipinski definition) is 1. The van der Waals surface area contributed by atoms with Crippen LogP contribution in [0.15, 0.2) is 78.3 Å². The Morgan fingerprint density at radius 1 is 1.14 bits per heavy atom. The Bertz CT molecular complexity index is 1330. The van der Waals surface area contributed by atoms with Crippen LogP contribution in [0.25, 0.3) is 27.8 Å². The van der Waals surface area contributed by atoms with Crippen LogP contribution in [0.5, 0.6) is 0 Å². The highest BCUT2D eigenvalue weighted by Gasteiger charge is 2.14. The van der Waals surface area contributed by atoms with Crippen LogP contribution in [0.3, 0.4) is 0 Å². The van der Waals surface area contributed by atoms with Crippen LogP contribution in [0.4, 0.5) is 5.69 Å². The largest absolute Gasteiger partial charge is 0.422 e. The van der Waals surface area contributed by atoms with Gasteiger partial charge in [-0.15, -0.1) is 11.3 Å². The van der Waals surface area contributed by atoms with E-state index in [1.807, 2.05) is 36.4 Å². The first-order valence-corrected chi connectivity index (χ1v) is 10.8. The van der Waals surface area contributed by atoms with E-state index in [0.717, 1.165) is 20.0 Å². The Morgan fingerprint density at radius 2 is 1.90 bits per heavy atom. The number of hydrogen-bond acceptors (Lipinski definition) is 6. The first kappa shape index (κ1) is 19.6. The molecule has 0 saturated carbocycles. The molecular formula is C21H11Br2N3O2S. The van der Waals surface area contributed by atoms with Gasteiger partial charge in [0.25, 0.3) is 0 Å². The van der Waals surface area contributed by atoms with Crippen LogP contribution < -0.4 is 10.9 Å². The van der Waals surface area contributed by atoms with Crippen molar-refractivity contribution in [3.63, 3.8) is 0 Å². The van der Waals surface area contributed by atoms with Gasteiger partial charge in [-0.25, -0.2) is 9.78 Å². The molecule has 0 radical (unpaired) electrons. The van der Waals surface area contributed by atoms with Crippen LogP contribution in [0, 0.1) is 11.3 Å². The molecule has 8 heteroatoms. The van der Waals surface area contributed by atoms with Gasteiger partial charge in [0.2, 0.25) is 0 Å². The molecule has 2 heterocycles. The number of nitriles is 1. The van der Waals surface area contributed by atoms with E-state index in [0.29, 0.717) is 27.4 Å². The molecule has 0 unspecified atom stereocenters. The fourth-order valence-corrected chi connectivity index (χ4v) is 4.07.